The molecule has 2 aliphatic rings. The van der Waals surface area contributed by atoms with Crippen molar-refractivity contribution in [3.05, 3.63) is 0 Å². The van der Waals surface area contributed by atoms with Gasteiger partial charge in [0.1, 0.15) is 0 Å². The van der Waals surface area contributed by atoms with E-state index in [0.717, 1.165) is 24.4 Å². The minimum absolute atomic E-state index is 0.747. The van der Waals surface area contributed by atoms with E-state index in [1.807, 2.05) is 0 Å². The normalized spacial score (nSPS) is 40.9. The van der Waals surface area contributed by atoms with Crippen LogP contribution in [0.15, 0.2) is 0 Å². The Kier molecular flexibility index (Phi) is 3.10. The average molecular weight is 197 g/mol. The third-order valence-electron chi connectivity index (χ3n) is 4.14. The molecule has 3 heteroatoms. The van der Waals surface area contributed by atoms with Gasteiger partial charge in [0, 0.05) is 12.6 Å². The van der Waals surface area contributed by atoms with Crippen LogP contribution in [0.3, 0.4) is 0 Å². The van der Waals surface area contributed by atoms with Crippen molar-refractivity contribution < 1.29 is 0 Å². The van der Waals surface area contributed by atoms with Gasteiger partial charge in [-0.15, -0.1) is 0 Å². The van der Waals surface area contributed by atoms with Gasteiger partial charge in [0.15, 0.2) is 0 Å². The first-order valence-corrected chi connectivity index (χ1v) is 5.81. The second-order valence-corrected chi connectivity index (χ2v) is 5.05. The molecule has 0 radical (unpaired) electrons. The molecule has 0 aromatic carbocycles. The van der Waals surface area contributed by atoms with Crippen molar-refractivity contribution in [2.24, 2.45) is 17.6 Å². The zero-order valence-electron chi connectivity index (χ0n) is 9.45. The van der Waals surface area contributed by atoms with Gasteiger partial charge in [-0.3, -0.25) is 0 Å². The summed E-state index contributed by atoms with van der Waals surface area (Å²) in [6.45, 7) is 4.60. The van der Waals surface area contributed by atoms with Gasteiger partial charge in [-0.25, -0.2) is 0 Å². The Morgan fingerprint density at radius 1 is 1.21 bits per heavy atom. The maximum absolute atomic E-state index is 5.85. The fourth-order valence-electron chi connectivity index (χ4n) is 3.23. The zero-order chi connectivity index (χ0) is 10.1. The molecule has 2 N–H and O–H groups in total. The van der Waals surface area contributed by atoms with E-state index in [1.165, 1.54) is 32.5 Å². The third kappa shape index (κ3) is 1.81. The van der Waals surface area contributed by atoms with Gasteiger partial charge in [0.25, 0.3) is 0 Å². The maximum Gasteiger partial charge on any atom is 0.0137 e. The van der Waals surface area contributed by atoms with Crippen molar-refractivity contribution in [2.45, 2.75) is 18.9 Å². The van der Waals surface area contributed by atoms with Crippen LogP contribution in [-0.4, -0.2) is 56.1 Å². The van der Waals surface area contributed by atoms with E-state index >= 15 is 0 Å². The first-order chi connectivity index (χ1) is 6.72. The predicted octanol–water partition coefficient (Wildman–Crippen LogP) is 0.217. The highest BCUT2D eigenvalue weighted by atomic mass is 15.2. The summed E-state index contributed by atoms with van der Waals surface area (Å²) in [6.07, 6.45) is 2.67. The van der Waals surface area contributed by atoms with Crippen LogP contribution in [0.5, 0.6) is 0 Å². The van der Waals surface area contributed by atoms with Gasteiger partial charge in [-0.1, -0.05) is 0 Å². The highest BCUT2D eigenvalue weighted by Gasteiger charge is 2.39. The Labute approximate surface area is 87.2 Å². The number of nitrogens with two attached hydrogens (primary N) is 1. The van der Waals surface area contributed by atoms with Crippen LogP contribution in [0.2, 0.25) is 0 Å². The standard InChI is InChI=1S/C11H23N3/c1-13-5-3-10-9(7-12)8-14(2)11(10)4-6-13/h9-11H,3-8,12H2,1-2H3. The second kappa shape index (κ2) is 4.17. The van der Waals surface area contributed by atoms with E-state index in [4.69, 9.17) is 5.73 Å². The van der Waals surface area contributed by atoms with Crippen LogP contribution < -0.4 is 5.73 Å². The van der Waals surface area contributed by atoms with Crippen molar-refractivity contribution in [3.63, 3.8) is 0 Å². The first-order valence-electron chi connectivity index (χ1n) is 5.81. The van der Waals surface area contributed by atoms with Crippen LogP contribution in [0.4, 0.5) is 0 Å². The monoisotopic (exact) mass is 197 g/mol. The highest BCUT2D eigenvalue weighted by Crippen LogP contribution is 2.34. The van der Waals surface area contributed by atoms with Gasteiger partial charge >= 0.3 is 0 Å². The number of fused-ring (bicyclic) bond motifs is 1. The quantitative estimate of drug-likeness (QED) is 0.652. The Hall–Kier alpha value is -0.120. The van der Waals surface area contributed by atoms with Crippen molar-refractivity contribution >= 4 is 0 Å². The summed E-state index contributed by atoms with van der Waals surface area (Å²) in [4.78, 5) is 4.99. The van der Waals surface area contributed by atoms with Crippen molar-refractivity contribution in [2.75, 3.05) is 40.3 Å². The molecule has 3 atom stereocenters. The molecular formula is C11H23N3. The molecule has 2 aliphatic heterocycles. The van der Waals surface area contributed by atoms with Crippen molar-refractivity contribution in [1.82, 2.24) is 9.80 Å². The van der Waals surface area contributed by atoms with Gasteiger partial charge in [0.05, 0.1) is 0 Å². The van der Waals surface area contributed by atoms with Crippen LogP contribution in [0, 0.1) is 11.8 Å². The lowest BCUT2D eigenvalue weighted by atomic mass is 9.87. The van der Waals surface area contributed by atoms with Crippen molar-refractivity contribution in [1.29, 1.82) is 0 Å². The summed E-state index contributed by atoms with van der Waals surface area (Å²) in [5.74, 6) is 1.60. The molecule has 82 valence electrons. The van der Waals surface area contributed by atoms with Gasteiger partial charge in [0.2, 0.25) is 0 Å². The Balaban J connectivity index is 2.06. The zero-order valence-corrected chi connectivity index (χ0v) is 9.45. The molecule has 3 nitrogen and oxygen atoms in total. The molecule has 3 unspecified atom stereocenters. The number of rotatable bonds is 1. The SMILES string of the molecule is CN1CCC2C(CN)CN(C)C2CC1. The Morgan fingerprint density at radius 2 is 1.93 bits per heavy atom. The second-order valence-electron chi connectivity index (χ2n) is 5.05. The molecule has 2 saturated heterocycles. The van der Waals surface area contributed by atoms with E-state index in [-0.39, 0.29) is 0 Å². The van der Waals surface area contributed by atoms with Crippen LogP contribution in [-0.2, 0) is 0 Å². The van der Waals surface area contributed by atoms with Gasteiger partial charge < -0.3 is 15.5 Å². The van der Waals surface area contributed by atoms with Crippen LogP contribution in [0.25, 0.3) is 0 Å². The number of likely N-dealkylation sites (tertiary alicyclic amines) is 2. The fourth-order valence-corrected chi connectivity index (χ4v) is 3.23. The number of nitrogens with zero attached hydrogens (tertiary/aromatic N) is 2. The van der Waals surface area contributed by atoms with E-state index in [9.17, 15) is 0 Å². The average Bonchev–Trinajstić information content (AvgIpc) is 2.33. The van der Waals surface area contributed by atoms with E-state index in [2.05, 4.69) is 23.9 Å². The molecule has 0 saturated carbocycles. The molecule has 0 spiro atoms. The summed E-state index contributed by atoms with van der Waals surface area (Å²) >= 11 is 0. The summed E-state index contributed by atoms with van der Waals surface area (Å²) in [6, 6.07) is 0.800. The lowest BCUT2D eigenvalue weighted by Crippen LogP contribution is -2.30. The van der Waals surface area contributed by atoms with E-state index in [1.54, 1.807) is 0 Å². The molecular weight excluding hydrogens is 174 g/mol. The van der Waals surface area contributed by atoms with E-state index in [0.29, 0.717) is 0 Å². The molecule has 0 aromatic rings. The van der Waals surface area contributed by atoms with Gasteiger partial charge in [-0.2, -0.15) is 0 Å². The topological polar surface area (TPSA) is 32.5 Å². The number of hydrogen-bond donors (Lipinski definition) is 1. The molecule has 0 aromatic heterocycles. The Bertz CT molecular complexity index is 195. The lowest BCUT2D eigenvalue weighted by molar-refractivity contribution is 0.257. The minimum atomic E-state index is 0.747. The molecule has 0 bridgehead atoms. The largest absolute Gasteiger partial charge is 0.330 e. The smallest absolute Gasteiger partial charge is 0.0137 e. The molecule has 2 heterocycles. The summed E-state index contributed by atoms with van der Waals surface area (Å²) in [5.41, 5.74) is 5.85. The lowest BCUT2D eigenvalue weighted by Gasteiger charge is -2.23. The summed E-state index contributed by atoms with van der Waals surface area (Å²) in [7, 11) is 4.50. The molecule has 0 amide bonds. The molecule has 14 heavy (non-hydrogen) atoms. The van der Waals surface area contributed by atoms with Crippen LogP contribution >= 0.6 is 0 Å². The molecule has 0 aliphatic carbocycles. The Morgan fingerprint density at radius 3 is 2.64 bits per heavy atom. The molecule has 2 rings (SSSR count). The van der Waals surface area contributed by atoms with E-state index < -0.39 is 0 Å². The maximum atomic E-state index is 5.85. The predicted molar refractivity (Wildman–Crippen MR) is 59.2 cm³/mol. The number of hydrogen-bond acceptors (Lipinski definition) is 3. The molecule has 2 fully saturated rings. The fraction of sp³-hybridized carbons (Fsp3) is 1.00. The third-order valence-corrected chi connectivity index (χ3v) is 4.14. The van der Waals surface area contributed by atoms with Crippen LogP contribution in [0.1, 0.15) is 12.8 Å². The first kappa shape index (κ1) is 10.4. The van der Waals surface area contributed by atoms with Crippen molar-refractivity contribution in [3.8, 4) is 0 Å². The highest BCUT2D eigenvalue weighted by molar-refractivity contribution is 4.94. The summed E-state index contributed by atoms with van der Waals surface area (Å²) in [5, 5.41) is 0. The van der Waals surface area contributed by atoms with Gasteiger partial charge in [-0.05, 0) is 58.4 Å². The minimum Gasteiger partial charge on any atom is -0.330 e. The summed E-state index contributed by atoms with van der Waals surface area (Å²) < 4.78 is 0.